The number of aromatic nitrogens is 3. The van der Waals surface area contributed by atoms with Gasteiger partial charge in [0.15, 0.2) is 5.03 Å². The van der Waals surface area contributed by atoms with E-state index in [2.05, 4.69) is 20.3 Å². The first-order valence-electron chi connectivity index (χ1n) is 8.47. The molecule has 0 bridgehead atoms. The maximum Gasteiger partial charge on any atom is 0.343 e. The molecule has 4 rings (SSSR count). The fraction of sp³-hybridized carbons (Fsp3) is 0.0500. The number of anilines is 2. The van der Waals surface area contributed by atoms with Gasteiger partial charge in [0, 0.05) is 22.2 Å². The highest BCUT2D eigenvalue weighted by Gasteiger charge is 2.24. The molecule has 0 radical (unpaired) electrons. The van der Waals surface area contributed by atoms with Crippen LogP contribution in [0.3, 0.4) is 0 Å². The second-order valence-electron chi connectivity index (χ2n) is 6.01. The van der Waals surface area contributed by atoms with E-state index in [1.54, 1.807) is 6.20 Å². The Balaban J connectivity index is 1.77. The van der Waals surface area contributed by atoms with Gasteiger partial charge in [-0.1, -0.05) is 48.2 Å². The van der Waals surface area contributed by atoms with Crippen molar-refractivity contribution in [1.82, 2.24) is 15.0 Å². The van der Waals surface area contributed by atoms with Crippen molar-refractivity contribution in [1.29, 1.82) is 0 Å². The number of para-hydroxylation sites is 2. The van der Waals surface area contributed by atoms with E-state index in [9.17, 15) is 10.1 Å². The van der Waals surface area contributed by atoms with Crippen molar-refractivity contribution in [2.75, 3.05) is 5.32 Å². The van der Waals surface area contributed by atoms with Crippen LogP contribution in [0.5, 0.6) is 0 Å². The minimum Gasteiger partial charge on any atom is -0.334 e. The van der Waals surface area contributed by atoms with Crippen LogP contribution in [0.1, 0.15) is 5.56 Å². The lowest BCUT2D eigenvalue weighted by Crippen LogP contribution is -2.03. The molecule has 2 heterocycles. The number of aryl methyl sites for hydroxylation is 1. The molecule has 138 valence electrons. The molecule has 7 nitrogen and oxygen atoms in total. The fourth-order valence-corrected chi connectivity index (χ4v) is 3.79. The van der Waals surface area contributed by atoms with E-state index in [1.807, 2.05) is 61.5 Å². The Bertz CT molecular complexity index is 1180. The molecule has 0 fully saturated rings. The van der Waals surface area contributed by atoms with Crippen LogP contribution in [-0.4, -0.2) is 19.9 Å². The summed E-state index contributed by atoms with van der Waals surface area (Å²) < 4.78 is 0. The highest BCUT2D eigenvalue weighted by molar-refractivity contribution is 7.99. The smallest absolute Gasteiger partial charge is 0.334 e. The van der Waals surface area contributed by atoms with Crippen LogP contribution in [0.4, 0.5) is 17.2 Å². The van der Waals surface area contributed by atoms with E-state index in [-0.39, 0.29) is 16.5 Å². The molecule has 0 unspecified atom stereocenters. The molecule has 0 aliphatic rings. The fourth-order valence-electron chi connectivity index (χ4n) is 2.80. The summed E-state index contributed by atoms with van der Waals surface area (Å²) in [7, 11) is 0. The third-order valence-corrected chi connectivity index (χ3v) is 5.21. The van der Waals surface area contributed by atoms with Crippen LogP contribution in [0, 0.1) is 17.0 Å². The maximum absolute atomic E-state index is 11.8. The van der Waals surface area contributed by atoms with E-state index in [0.717, 1.165) is 27.0 Å². The highest BCUT2D eigenvalue weighted by atomic mass is 32.2. The number of hydrogen-bond donors (Lipinski definition) is 1. The number of nitrogens with one attached hydrogen (secondary N) is 1. The second kappa shape index (κ2) is 7.61. The normalized spacial score (nSPS) is 10.8. The summed E-state index contributed by atoms with van der Waals surface area (Å²) in [6.07, 6.45) is 3.03. The molecule has 0 atom stereocenters. The van der Waals surface area contributed by atoms with Gasteiger partial charge < -0.3 is 5.32 Å². The SMILES string of the molecule is Cc1ccccc1Nc1ncnc(Sc2cccc3cccnc23)c1[N+](=O)[O-]. The summed E-state index contributed by atoms with van der Waals surface area (Å²) in [5.74, 6) is 0.157. The van der Waals surface area contributed by atoms with Crippen molar-refractivity contribution in [3.05, 3.63) is 82.8 Å². The van der Waals surface area contributed by atoms with Crippen molar-refractivity contribution in [3.8, 4) is 0 Å². The van der Waals surface area contributed by atoms with E-state index < -0.39 is 4.92 Å². The molecule has 1 N–H and O–H groups in total. The molecule has 0 amide bonds. The number of rotatable bonds is 5. The summed E-state index contributed by atoms with van der Waals surface area (Å²) in [5, 5.41) is 16.1. The Labute approximate surface area is 165 Å². The summed E-state index contributed by atoms with van der Waals surface area (Å²) in [6, 6.07) is 17.1. The van der Waals surface area contributed by atoms with Crippen molar-refractivity contribution >= 4 is 39.9 Å². The first kappa shape index (κ1) is 17.9. The average Bonchev–Trinajstić information content (AvgIpc) is 2.70. The number of benzene rings is 2. The number of nitro groups is 1. The molecule has 0 spiro atoms. The number of hydrogen-bond acceptors (Lipinski definition) is 7. The van der Waals surface area contributed by atoms with Gasteiger partial charge >= 0.3 is 5.69 Å². The number of nitrogens with zero attached hydrogens (tertiary/aromatic N) is 4. The maximum atomic E-state index is 11.8. The number of pyridine rings is 1. The van der Waals surface area contributed by atoms with E-state index in [4.69, 9.17) is 0 Å². The second-order valence-corrected chi connectivity index (χ2v) is 7.04. The summed E-state index contributed by atoms with van der Waals surface area (Å²) in [6.45, 7) is 1.92. The van der Waals surface area contributed by atoms with E-state index in [0.29, 0.717) is 0 Å². The Morgan fingerprint density at radius 3 is 2.64 bits per heavy atom. The molecule has 8 heteroatoms. The minimum atomic E-state index is -0.457. The Morgan fingerprint density at radius 2 is 1.82 bits per heavy atom. The molecule has 2 aromatic carbocycles. The average molecular weight is 389 g/mol. The lowest BCUT2D eigenvalue weighted by Gasteiger charge is -2.10. The van der Waals surface area contributed by atoms with Gasteiger partial charge in [0.25, 0.3) is 0 Å². The van der Waals surface area contributed by atoms with Crippen molar-refractivity contribution in [2.45, 2.75) is 16.8 Å². The Hall–Kier alpha value is -3.52. The van der Waals surface area contributed by atoms with E-state index in [1.165, 1.54) is 18.1 Å². The van der Waals surface area contributed by atoms with Crippen LogP contribution in [-0.2, 0) is 0 Å². The zero-order chi connectivity index (χ0) is 19.5. The number of fused-ring (bicyclic) bond motifs is 1. The zero-order valence-electron chi connectivity index (χ0n) is 14.9. The molecule has 2 aromatic heterocycles. The van der Waals surface area contributed by atoms with Gasteiger partial charge in [-0.05, 0) is 30.7 Å². The monoisotopic (exact) mass is 389 g/mol. The molecule has 28 heavy (non-hydrogen) atoms. The lowest BCUT2D eigenvalue weighted by molar-refractivity contribution is -0.387. The summed E-state index contributed by atoms with van der Waals surface area (Å²) in [5.41, 5.74) is 2.33. The van der Waals surface area contributed by atoms with Crippen molar-refractivity contribution in [2.24, 2.45) is 0 Å². The summed E-state index contributed by atoms with van der Waals surface area (Å²) in [4.78, 5) is 24.8. The molecule has 0 aliphatic carbocycles. The standard InChI is InChI=1S/C20H15N5O2S/c1-13-6-2-3-9-15(13)24-19-18(25(26)27)20(23-12-22-19)28-16-10-4-7-14-8-5-11-21-17(14)16/h2-12H,1H3,(H,22,23,24). The van der Waals surface area contributed by atoms with Crippen LogP contribution in [0.2, 0.25) is 0 Å². The zero-order valence-corrected chi connectivity index (χ0v) is 15.7. The van der Waals surface area contributed by atoms with E-state index >= 15 is 0 Å². The minimum absolute atomic E-state index is 0.157. The molecule has 4 aromatic rings. The van der Waals surface area contributed by atoms with Gasteiger partial charge in [-0.15, -0.1) is 0 Å². The van der Waals surface area contributed by atoms with Crippen molar-refractivity contribution < 1.29 is 4.92 Å². The first-order chi connectivity index (χ1) is 13.6. The van der Waals surface area contributed by atoms with Gasteiger partial charge in [-0.3, -0.25) is 15.1 Å². The third-order valence-electron chi connectivity index (χ3n) is 4.17. The lowest BCUT2D eigenvalue weighted by atomic mass is 10.2. The topological polar surface area (TPSA) is 93.8 Å². The van der Waals surface area contributed by atoms with Gasteiger partial charge in [0.2, 0.25) is 5.82 Å². The molecular formula is C20H15N5O2S. The van der Waals surface area contributed by atoms with Gasteiger partial charge in [0.1, 0.15) is 6.33 Å². The van der Waals surface area contributed by atoms with Crippen LogP contribution in [0.25, 0.3) is 10.9 Å². The quantitative estimate of drug-likeness (QED) is 0.287. The predicted molar refractivity (Wildman–Crippen MR) is 109 cm³/mol. The Morgan fingerprint density at radius 1 is 1.00 bits per heavy atom. The van der Waals surface area contributed by atoms with Crippen molar-refractivity contribution in [3.63, 3.8) is 0 Å². The molecular weight excluding hydrogens is 374 g/mol. The van der Waals surface area contributed by atoms with Gasteiger partial charge in [0.05, 0.1) is 10.4 Å². The highest BCUT2D eigenvalue weighted by Crippen LogP contribution is 2.39. The largest absolute Gasteiger partial charge is 0.343 e. The first-order valence-corrected chi connectivity index (χ1v) is 9.29. The van der Waals surface area contributed by atoms with Crippen LogP contribution in [0.15, 0.2) is 77.0 Å². The van der Waals surface area contributed by atoms with Gasteiger partial charge in [-0.2, -0.15) is 0 Å². The van der Waals surface area contributed by atoms with Gasteiger partial charge in [-0.25, -0.2) is 9.97 Å². The molecule has 0 aliphatic heterocycles. The third kappa shape index (κ3) is 3.49. The summed E-state index contributed by atoms with van der Waals surface area (Å²) >= 11 is 1.21. The molecule has 0 saturated carbocycles. The van der Waals surface area contributed by atoms with Crippen LogP contribution < -0.4 is 5.32 Å². The predicted octanol–water partition coefficient (Wildman–Crippen LogP) is 5.14. The Kier molecular flexibility index (Phi) is 4.86. The van der Waals surface area contributed by atoms with Crippen LogP contribution >= 0.6 is 11.8 Å². The molecule has 0 saturated heterocycles.